The Bertz CT molecular complexity index is 185. The molecule has 0 bridgehead atoms. The Labute approximate surface area is 108 Å². The molecule has 0 fully saturated rings. The smallest absolute Gasteiger partial charge is 0.0589 e. The molecular formula is C14H32N2O. The lowest BCUT2D eigenvalue weighted by molar-refractivity contribution is 0.101. The summed E-state index contributed by atoms with van der Waals surface area (Å²) in [6, 6.07) is 0. The van der Waals surface area contributed by atoms with E-state index in [2.05, 4.69) is 37.9 Å². The van der Waals surface area contributed by atoms with Crippen molar-refractivity contribution < 1.29 is 4.74 Å². The van der Waals surface area contributed by atoms with E-state index < -0.39 is 0 Å². The number of hydrogen-bond acceptors (Lipinski definition) is 3. The average molecular weight is 244 g/mol. The molecule has 1 atom stereocenters. The van der Waals surface area contributed by atoms with Crippen LogP contribution in [0.15, 0.2) is 0 Å². The van der Waals surface area contributed by atoms with Crippen LogP contribution in [-0.4, -0.2) is 51.8 Å². The molecule has 3 nitrogen and oxygen atoms in total. The molecule has 3 heteroatoms. The first-order chi connectivity index (χ1) is 7.97. The van der Waals surface area contributed by atoms with Gasteiger partial charge in [0.15, 0.2) is 0 Å². The first-order valence-corrected chi connectivity index (χ1v) is 6.83. The topological polar surface area (TPSA) is 24.5 Å². The lowest BCUT2D eigenvalue weighted by Gasteiger charge is -2.35. The minimum atomic E-state index is 0.359. The predicted octanol–water partition coefficient (Wildman–Crippen LogP) is 2.23. The van der Waals surface area contributed by atoms with Gasteiger partial charge in [0.05, 0.1) is 6.61 Å². The lowest BCUT2D eigenvalue weighted by Crippen LogP contribution is -2.43. The predicted molar refractivity (Wildman–Crippen MR) is 75.5 cm³/mol. The number of ether oxygens (including phenoxy) is 1. The van der Waals surface area contributed by atoms with Crippen LogP contribution in [0, 0.1) is 11.3 Å². The second kappa shape index (κ2) is 8.90. The molecule has 0 aliphatic heterocycles. The summed E-state index contributed by atoms with van der Waals surface area (Å²) in [6.45, 7) is 14.4. The van der Waals surface area contributed by atoms with Crippen LogP contribution in [-0.2, 0) is 4.74 Å². The standard InChI is InChI=1S/C14H32N2O/c1-7-14(4,11-15-5)12-16(8-9-17-6)10-13(2)3/h13,15H,7-12H2,1-6H3. The van der Waals surface area contributed by atoms with Crippen molar-refractivity contribution in [2.24, 2.45) is 11.3 Å². The van der Waals surface area contributed by atoms with Crippen LogP contribution in [0.1, 0.15) is 34.1 Å². The molecule has 0 rings (SSSR count). The number of hydrogen-bond donors (Lipinski definition) is 1. The number of methoxy groups -OCH3 is 1. The molecule has 1 unspecified atom stereocenters. The second-order valence-electron chi connectivity index (χ2n) is 5.82. The summed E-state index contributed by atoms with van der Waals surface area (Å²) in [4.78, 5) is 2.54. The largest absolute Gasteiger partial charge is 0.383 e. The van der Waals surface area contributed by atoms with Crippen molar-refractivity contribution >= 4 is 0 Å². The maximum atomic E-state index is 5.20. The first kappa shape index (κ1) is 16.9. The van der Waals surface area contributed by atoms with Crippen LogP contribution < -0.4 is 5.32 Å². The minimum Gasteiger partial charge on any atom is -0.383 e. The van der Waals surface area contributed by atoms with Crippen molar-refractivity contribution in [1.29, 1.82) is 0 Å². The SMILES string of the molecule is CCC(C)(CNC)CN(CCOC)CC(C)C. The Hall–Kier alpha value is -0.120. The zero-order valence-corrected chi connectivity index (χ0v) is 12.7. The van der Waals surface area contributed by atoms with Gasteiger partial charge in [0, 0.05) is 33.3 Å². The summed E-state index contributed by atoms with van der Waals surface area (Å²) in [5.41, 5.74) is 0.359. The van der Waals surface area contributed by atoms with E-state index in [-0.39, 0.29) is 0 Å². The van der Waals surface area contributed by atoms with Gasteiger partial charge in [-0.05, 0) is 24.8 Å². The minimum absolute atomic E-state index is 0.359. The molecule has 0 aliphatic rings. The molecule has 0 saturated heterocycles. The fraction of sp³-hybridized carbons (Fsp3) is 1.00. The normalized spacial score (nSPS) is 15.5. The van der Waals surface area contributed by atoms with Crippen LogP contribution in [0.4, 0.5) is 0 Å². The van der Waals surface area contributed by atoms with Gasteiger partial charge in [-0.2, -0.15) is 0 Å². The van der Waals surface area contributed by atoms with E-state index in [1.165, 1.54) is 6.42 Å². The van der Waals surface area contributed by atoms with E-state index >= 15 is 0 Å². The molecule has 0 aliphatic carbocycles. The van der Waals surface area contributed by atoms with Crippen LogP contribution in [0.2, 0.25) is 0 Å². The molecule has 104 valence electrons. The van der Waals surface area contributed by atoms with E-state index in [4.69, 9.17) is 4.74 Å². The highest BCUT2D eigenvalue weighted by molar-refractivity contribution is 4.79. The summed E-state index contributed by atoms with van der Waals surface area (Å²) in [7, 11) is 3.82. The monoisotopic (exact) mass is 244 g/mol. The zero-order valence-electron chi connectivity index (χ0n) is 12.7. The Morgan fingerprint density at radius 1 is 1.35 bits per heavy atom. The van der Waals surface area contributed by atoms with Gasteiger partial charge in [-0.3, -0.25) is 0 Å². The first-order valence-electron chi connectivity index (χ1n) is 6.83. The number of nitrogens with zero attached hydrogens (tertiary/aromatic N) is 1. The van der Waals surface area contributed by atoms with E-state index in [0.717, 1.165) is 32.8 Å². The fourth-order valence-electron chi connectivity index (χ4n) is 2.23. The highest BCUT2D eigenvalue weighted by Crippen LogP contribution is 2.22. The molecule has 1 N–H and O–H groups in total. The van der Waals surface area contributed by atoms with E-state index in [1.54, 1.807) is 7.11 Å². The Balaban J connectivity index is 4.35. The quantitative estimate of drug-likeness (QED) is 0.638. The third-order valence-corrected chi connectivity index (χ3v) is 3.30. The van der Waals surface area contributed by atoms with E-state index in [9.17, 15) is 0 Å². The average Bonchev–Trinajstić information content (AvgIpc) is 2.25. The van der Waals surface area contributed by atoms with Gasteiger partial charge in [-0.15, -0.1) is 0 Å². The third kappa shape index (κ3) is 7.74. The van der Waals surface area contributed by atoms with Gasteiger partial charge in [0.2, 0.25) is 0 Å². The molecule has 0 saturated carbocycles. The Morgan fingerprint density at radius 2 is 2.00 bits per heavy atom. The van der Waals surface area contributed by atoms with Crippen LogP contribution in [0.5, 0.6) is 0 Å². The van der Waals surface area contributed by atoms with Gasteiger partial charge < -0.3 is 15.0 Å². The van der Waals surface area contributed by atoms with Gasteiger partial charge in [0.1, 0.15) is 0 Å². The van der Waals surface area contributed by atoms with E-state index in [1.807, 2.05) is 7.05 Å². The van der Waals surface area contributed by atoms with Crippen molar-refractivity contribution in [3.05, 3.63) is 0 Å². The Morgan fingerprint density at radius 3 is 2.41 bits per heavy atom. The summed E-state index contributed by atoms with van der Waals surface area (Å²) in [5, 5.41) is 3.32. The van der Waals surface area contributed by atoms with Gasteiger partial charge in [-0.25, -0.2) is 0 Å². The van der Waals surface area contributed by atoms with Crippen molar-refractivity contribution in [3.63, 3.8) is 0 Å². The van der Waals surface area contributed by atoms with Crippen LogP contribution >= 0.6 is 0 Å². The fourth-order valence-corrected chi connectivity index (χ4v) is 2.23. The molecule has 0 heterocycles. The summed E-state index contributed by atoms with van der Waals surface area (Å²) in [6.07, 6.45) is 1.20. The van der Waals surface area contributed by atoms with Crippen molar-refractivity contribution in [2.45, 2.75) is 34.1 Å². The molecule has 0 spiro atoms. The van der Waals surface area contributed by atoms with Crippen LogP contribution in [0.25, 0.3) is 0 Å². The maximum absolute atomic E-state index is 5.20. The lowest BCUT2D eigenvalue weighted by atomic mass is 9.86. The summed E-state index contributed by atoms with van der Waals surface area (Å²) < 4.78 is 5.20. The maximum Gasteiger partial charge on any atom is 0.0589 e. The summed E-state index contributed by atoms with van der Waals surface area (Å²) >= 11 is 0. The molecule has 0 radical (unpaired) electrons. The van der Waals surface area contributed by atoms with Crippen molar-refractivity contribution in [3.8, 4) is 0 Å². The van der Waals surface area contributed by atoms with Crippen molar-refractivity contribution in [2.75, 3.05) is 46.9 Å². The summed E-state index contributed by atoms with van der Waals surface area (Å²) in [5.74, 6) is 0.711. The van der Waals surface area contributed by atoms with Gasteiger partial charge in [0.25, 0.3) is 0 Å². The van der Waals surface area contributed by atoms with Gasteiger partial charge >= 0.3 is 0 Å². The highest BCUT2D eigenvalue weighted by atomic mass is 16.5. The zero-order chi connectivity index (χ0) is 13.3. The van der Waals surface area contributed by atoms with Crippen molar-refractivity contribution in [1.82, 2.24) is 10.2 Å². The molecular weight excluding hydrogens is 212 g/mol. The number of nitrogens with one attached hydrogen (secondary N) is 1. The molecule has 0 aromatic rings. The molecule has 0 aromatic carbocycles. The molecule has 17 heavy (non-hydrogen) atoms. The second-order valence-corrected chi connectivity index (χ2v) is 5.82. The Kier molecular flexibility index (Phi) is 8.83. The third-order valence-electron chi connectivity index (χ3n) is 3.30. The number of rotatable bonds is 10. The van der Waals surface area contributed by atoms with E-state index in [0.29, 0.717) is 11.3 Å². The van der Waals surface area contributed by atoms with Crippen LogP contribution in [0.3, 0.4) is 0 Å². The highest BCUT2D eigenvalue weighted by Gasteiger charge is 2.24. The molecule has 0 amide bonds. The molecule has 0 aromatic heterocycles. The van der Waals surface area contributed by atoms with Gasteiger partial charge in [-0.1, -0.05) is 27.7 Å².